The number of anilines is 1. The van der Waals surface area contributed by atoms with E-state index >= 15 is 0 Å². The molecule has 0 bridgehead atoms. The van der Waals surface area contributed by atoms with Crippen molar-refractivity contribution in [3.05, 3.63) is 27.7 Å². The zero-order valence-corrected chi connectivity index (χ0v) is 13.8. The fourth-order valence-corrected chi connectivity index (χ4v) is 2.40. The van der Waals surface area contributed by atoms with Crippen LogP contribution in [0.1, 0.15) is 6.42 Å². The van der Waals surface area contributed by atoms with Crippen molar-refractivity contribution in [2.24, 2.45) is 0 Å². The molecule has 2 amide bonds. The fourth-order valence-electron chi connectivity index (χ4n) is 1.40. The number of rotatable bonds is 6. The molecular formula is C12H14BrClN2O3S. The molecule has 0 fully saturated rings. The quantitative estimate of drug-likeness (QED) is 0.705. The lowest BCUT2D eigenvalue weighted by atomic mass is 10.2. The fraction of sp³-hybridized carbons (Fsp3) is 0.333. The molecule has 0 aromatic heterocycles. The molecule has 0 saturated heterocycles. The molecule has 0 aliphatic carbocycles. The van der Waals surface area contributed by atoms with Crippen molar-refractivity contribution in [3.63, 3.8) is 0 Å². The molecule has 110 valence electrons. The number of urea groups is 1. The minimum absolute atomic E-state index is 0.357. The number of aliphatic carboxylic acids is 1. The van der Waals surface area contributed by atoms with Crippen molar-refractivity contribution >= 4 is 57.0 Å². The summed E-state index contributed by atoms with van der Waals surface area (Å²) in [5.74, 6) is -0.413. The van der Waals surface area contributed by atoms with E-state index in [9.17, 15) is 9.59 Å². The van der Waals surface area contributed by atoms with Gasteiger partial charge < -0.3 is 15.7 Å². The third kappa shape index (κ3) is 5.60. The Morgan fingerprint density at radius 3 is 2.80 bits per heavy atom. The van der Waals surface area contributed by atoms with Crippen LogP contribution in [0.15, 0.2) is 22.7 Å². The van der Waals surface area contributed by atoms with E-state index in [1.165, 1.54) is 11.8 Å². The minimum Gasteiger partial charge on any atom is -0.480 e. The number of carboxylic acids is 1. The summed E-state index contributed by atoms with van der Waals surface area (Å²) in [6.07, 6.45) is 2.23. The molecule has 0 radical (unpaired) electrons. The van der Waals surface area contributed by atoms with Gasteiger partial charge in [0.2, 0.25) is 0 Å². The number of carbonyl (C=O) groups excluding carboxylic acids is 1. The van der Waals surface area contributed by atoms with Crippen LogP contribution in [0.25, 0.3) is 0 Å². The summed E-state index contributed by atoms with van der Waals surface area (Å²) in [5, 5.41) is 14.3. The molecule has 1 rings (SSSR count). The van der Waals surface area contributed by atoms with Gasteiger partial charge in [-0.25, -0.2) is 9.59 Å². The van der Waals surface area contributed by atoms with E-state index in [1.807, 2.05) is 6.26 Å². The lowest BCUT2D eigenvalue weighted by Gasteiger charge is -2.15. The van der Waals surface area contributed by atoms with E-state index in [1.54, 1.807) is 18.2 Å². The van der Waals surface area contributed by atoms with Crippen molar-refractivity contribution < 1.29 is 14.7 Å². The van der Waals surface area contributed by atoms with E-state index < -0.39 is 18.0 Å². The molecule has 0 aliphatic heterocycles. The van der Waals surface area contributed by atoms with Gasteiger partial charge in [-0.15, -0.1) is 0 Å². The first-order chi connectivity index (χ1) is 9.43. The van der Waals surface area contributed by atoms with Crippen LogP contribution in [0, 0.1) is 0 Å². The number of halogens is 2. The van der Waals surface area contributed by atoms with Crippen molar-refractivity contribution in [2.75, 3.05) is 17.3 Å². The number of carboxylic acid groups (broad SMARTS) is 1. The Balaban J connectivity index is 2.65. The first kappa shape index (κ1) is 17.1. The Morgan fingerprint density at radius 2 is 2.20 bits per heavy atom. The van der Waals surface area contributed by atoms with Gasteiger partial charge in [-0.2, -0.15) is 11.8 Å². The third-order valence-electron chi connectivity index (χ3n) is 2.39. The minimum atomic E-state index is -1.06. The van der Waals surface area contributed by atoms with Gasteiger partial charge >= 0.3 is 12.0 Å². The van der Waals surface area contributed by atoms with Crippen LogP contribution in [0.2, 0.25) is 5.02 Å². The van der Waals surface area contributed by atoms with E-state index in [4.69, 9.17) is 16.7 Å². The summed E-state index contributed by atoms with van der Waals surface area (Å²) >= 11 is 10.7. The molecule has 1 aromatic rings. The Bertz CT molecular complexity index is 502. The van der Waals surface area contributed by atoms with Gasteiger partial charge in [0.15, 0.2) is 0 Å². The summed E-state index contributed by atoms with van der Waals surface area (Å²) in [4.78, 5) is 22.8. The predicted molar refractivity (Wildman–Crippen MR) is 85.7 cm³/mol. The topological polar surface area (TPSA) is 78.4 Å². The summed E-state index contributed by atoms with van der Waals surface area (Å²) in [6.45, 7) is 0. The van der Waals surface area contributed by atoms with Crippen LogP contribution >= 0.6 is 39.3 Å². The largest absolute Gasteiger partial charge is 0.480 e. The van der Waals surface area contributed by atoms with Crippen LogP contribution in [0.3, 0.4) is 0 Å². The Labute approximate surface area is 134 Å². The first-order valence-electron chi connectivity index (χ1n) is 5.68. The van der Waals surface area contributed by atoms with E-state index in [0.29, 0.717) is 22.9 Å². The second kappa shape index (κ2) is 8.39. The Hall–Kier alpha value is -0.920. The molecule has 0 saturated carbocycles. The average Bonchev–Trinajstić information content (AvgIpc) is 2.38. The highest BCUT2D eigenvalue weighted by Crippen LogP contribution is 2.25. The predicted octanol–water partition coefficient (Wildman–Crippen LogP) is 3.43. The highest BCUT2D eigenvalue weighted by molar-refractivity contribution is 9.10. The number of thioether (sulfide) groups is 1. The third-order valence-corrected chi connectivity index (χ3v) is 3.86. The molecule has 1 aromatic carbocycles. The number of hydrogen-bond acceptors (Lipinski definition) is 3. The van der Waals surface area contributed by atoms with E-state index in [2.05, 4.69) is 26.6 Å². The molecule has 0 aliphatic rings. The molecule has 20 heavy (non-hydrogen) atoms. The van der Waals surface area contributed by atoms with Crippen LogP contribution < -0.4 is 10.6 Å². The average molecular weight is 382 g/mol. The van der Waals surface area contributed by atoms with Gasteiger partial charge in [-0.3, -0.25) is 0 Å². The second-order valence-corrected chi connectivity index (χ2v) is 6.20. The van der Waals surface area contributed by atoms with Crippen LogP contribution in [-0.4, -0.2) is 35.2 Å². The lowest BCUT2D eigenvalue weighted by Crippen LogP contribution is -2.43. The summed E-state index contributed by atoms with van der Waals surface area (Å²) in [6, 6.07) is 3.49. The highest BCUT2D eigenvalue weighted by Gasteiger charge is 2.19. The van der Waals surface area contributed by atoms with Crippen LogP contribution in [0.4, 0.5) is 10.5 Å². The van der Waals surface area contributed by atoms with E-state index in [-0.39, 0.29) is 0 Å². The van der Waals surface area contributed by atoms with Gasteiger partial charge in [-0.1, -0.05) is 27.5 Å². The zero-order valence-electron chi connectivity index (χ0n) is 10.7. The normalized spacial score (nSPS) is 11.8. The maximum Gasteiger partial charge on any atom is 0.326 e. The van der Waals surface area contributed by atoms with Gasteiger partial charge in [0.05, 0.1) is 10.7 Å². The Morgan fingerprint density at radius 1 is 1.50 bits per heavy atom. The number of hydrogen-bond donors (Lipinski definition) is 3. The SMILES string of the molecule is CSCC[C@@H](NC(=O)Nc1cc(Br)ccc1Cl)C(=O)O. The van der Waals surface area contributed by atoms with Gasteiger partial charge in [0.25, 0.3) is 0 Å². The second-order valence-electron chi connectivity index (χ2n) is 3.89. The molecule has 5 nitrogen and oxygen atoms in total. The number of carbonyl (C=O) groups is 2. The van der Waals surface area contributed by atoms with Crippen molar-refractivity contribution in [1.82, 2.24) is 5.32 Å². The number of nitrogens with one attached hydrogen (secondary N) is 2. The van der Waals surface area contributed by atoms with Crippen LogP contribution in [-0.2, 0) is 4.79 Å². The van der Waals surface area contributed by atoms with Gasteiger partial charge in [0, 0.05) is 4.47 Å². The maximum atomic E-state index is 11.8. The summed E-state index contributed by atoms with van der Waals surface area (Å²) in [5.41, 5.74) is 0.410. The monoisotopic (exact) mass is 380 g/mol. The molecular weight excluding hydrogens is 368 g/mol. The number of amides is 2. The van der Waals surface area contributed by atoms with E-state index in [0.717, 1.165) is 4.47 Å². The van der Waals surface area contributed by atoms with Crippen molar-refractivity contribution in [2.45, 2.75) is 12.5 Å². The molecule has 1 atom stereocenters. The molecule has 8 heteroatoms. The van der Waals surface area contributed by atoms with Gasteiger partial charge in [-0.05, 0) is 36.6 Å². The smallest absolute Gasteiger partial charge is 0.326 e. The lowest BCUT2D eigenvalue weighted by molar-refractivity contribution is -0.139. The zero-order chi connectivity index (χ0) is 15.1. The summed E-state index contributed by atoms with van der Waals surface area (Å²) < 4.78 is 0.759. The maximum absolute atomic E-state index is 11.8. The molecule has 3 N–H and O–H groups in total. The number of benzene rings is 1. The highest BCUT2D eigenvalue weighted by atomic mass is 79.9. The molecule has 0 heterocycles. The summed E-state index contributed by atoms with van der Waals surface area (Å²) in [7, 11) is 0. The molecule has 0 spiro atoms. The standard InChI is InChI=1S/C12H14BrClN2O3S/c1-20-5-4-9(11(17)18)15-12(19)16-10-6-7(13)2-3-8(10)14/h2-3,6,9H,4-5H2,1H3,(H,17,18)(H2,15,16,19)/t9-/m1/s1. The van der Waals surface area contributed by atoms with Crippen molar-refractivity contribution in [3.8, 4) is 0 Å². The molecule has 0 unspecified atom stereocenters. The first-order valence-corrected chi connectivity index (χ1v) is 8.25. The Kier molecular flexibility index (Phi) is 7.18. The van der Waals surface area contributed by atoms with Crippen molar-refractivity contribution in [1.29, 1.82) is 0 Å². The van der Waals surface area contributed by atoms with Gasteiger partial charge in [0.1, 0.15) is 6.04 Å². The van der Waals surface area contributed by atoms with Crippen LogP contribution in [0.5, 0.6) is 0 Å².